The van der Waals surface area contributed by atoms with Gasteiger partial charge in [-0.2, -0.15) is 0 Å². The van der Waals surface area contributed by atoms with Crippen LogP contribution in [0.4, 0.5) is 0 Å². The van der Waals surface area contributed by atoms with Gasteiger partial charge in [0, 0.05) is 29.6 Å². The van der Waals surface area contributed by atoms with E-state index < -0.39 is 11.2 Å². The lowest BCUT2D eigenvalue weighted by Gasteiger charge is -2.69. The van der Waals surface area contributed by atoms with Gasteiger partial charge in [-0.25, -0.2) is 0 Å². The first-order chi connectivity index (χ1) is 14.7. The van der Waals surface area contributed by atoms with Crippen molar-refractivity contribution in [2.75, 3.05) is 19.9 Å². The Morgan fingerprint density at radius 2 is 2.06 bits per heavy atom. The number of rotatable bonds is 2. The summed E-state index contributed by atoms with van der Waals surface area (Å²) < 4.78 is 19.6. The van der Waals surface area contributed by atoms with Gasteiger partial charge in [-0.05, 0) is 61.8 Å². The number of piperidine rings is 1. The predicted octanol–water partition coefficient (Wildman–Crippen LogP) is 2.70. The lowest BCUT2D eigenvalue weighted by atomic mass is 9.43. The van der Waals surface area contributed by atoms with Crippen LogP contribution in [0.1, 0.15) is 52.9 Å². The molecule has 7 fully saturated rings. The van der Waals surface area contributed by atoms with Gasteiger partial charge >= 0.3 is 5.97 Å². The number of likely N-dealkylation sites (N-methyl/N-ethyl adjacent to an activating group) is 1. The number of carbonyl (C=O) groups is 1. The van der Waals surface area contributed by atoms with Crippen molar-refractivity contribution in [2.24, 2.45) is 34.5 Å². The Labute approximate surface area is 192 Å². The Morgan fingerprint density at radius 3 is 2.81 bits per heavy atom. The maximum absolute atomic E-state index is 12.3. The summed E-state index contributed by atoms with van der Waals surface area (Å²) in [7, 11) is 0. The molecule has 3 spiro atoms. The number of hydrogen-bond acceptors (Lipinski definition) is 6. The molecule has 6 nitrogen and oxygen atoms in total. The molecule has 5 aliphatic carbocycles. The minimum absolute atomic E-state index is 0.0623. The zero-order valence-electron chi connectivity index (χ0n) is 18.7. The van der Waals surface area contributed by atoms with Crippen LogP contribution in [0.3, 0.4) is 0 Å². The highest BCUT2D eigenvalue weighted by Gasteiger charge is 2.90. The lowest BCUT2D eigenvalue weighted by molar-refractivity contribution is -0.274. The molecule has 12 atom stereocenters. The molecule has 31 heavy (non-hydrogen) atoms. The Bertz CT molecular complexity index is 856. The molecule has 0 radical (unpaired) electrons. The third kappa shape index (κ3) is 1.91. The number of nitrogens with zero attached hydrogens (tertiary/aromatic N) is 1. The van der Waals surface area contributed by atoms with Gasteiger partial charge in [0.15, 0.2) is 0 Å². The molecule has 2 aliphatic heterocycles. The van der Waals surface area contributed by atoms with E-state index in [0.29, 0.717) is 18.6 Å². The van der Waals surface area contributed by atoms with E-state index in [1.807, 2.05) is 0 Å². The average molecular weight is 496 g/mol. The molecule has 0 aromatic heterocycles. The van der Waals surface area contributed by atoms with Crippen LogP contribution < -0.4 is 0 Å². The van der Waals surface area contributed by atoms with Crippen LogP contribution in [0.2, 0.25) is 0 Å². The summed E-state index contributed by atoms with van der Waals surface area (Å²) in [6, 6.07) is 0.181. The van der Waals surface area contributed by atoms with Crippen molar-refractivity contribution in [3.63, 3.8) is 0 Å². The fourth-order valence-corrected chi connectivity index (χ4v) is 11.8. The number of alkyl halides is 1. The van der Waals surface area contributed by atoms with Crippen molar-refractivity contribution in [1.82, 2.24) is 4.90 Å². The third-order valence-electron chi connectivity index (χ3n) is 11.3. The van der Waals surface area contributed by atoms with Crippen molar-refractivity contribution in [3.8, 4) is 0 Å². The van der Waals surface area contributed by atoms with E-state index in [4.69, 9.17) is 14.2 Å². The summed E-state index contributed by atoms with van der Waals surface area (Å²) in [6.07, 6.45) is 4.37. The first-order valence-corrected chi connectivity index (χ1v) is 13.2. The number of ether oxygens (including phenoxy) is 3. The van der Waals surface area contributed by atoms with Crippen LogP contribution in [0, 0.1) is 34.5 Å². The third-order valence-corrected chi connectivity index (χ3v) is 12.3. The molecule has 0 aromatic rings. The smallest absolute Gasteiger partial charge is 0.302 e. The molecule has 0 aromatic carbocycles. The van der Waals surface area contributed by atoms with E-state index >= 15 is 0 Å². The van der Waals surface area contributed by atoms with Crippen LogP contribution >= 0.6 is 15.9 Å². The molecule has 7 aliphatic rings. The van der Waals surface area contributed by atoms with Crippen LogP contribution in [-0.2, 0) is 19.0 Å². The number of halogens is 1. The van der Waals surface area contributed by atoms with E-state index in [0.717, 1.165) is 45.2 Å². The maximum atomic E-state index is 12.3. The first kappa shape index (κ1) is 20.2. The summed E-state index contributed by atoms with van der Waals surface area (Å²) in [5, 5.41) is 11.6. The zero-order chi connectivity index (χ0) is 21.6. The van der Waals surface area contributed by atoms with Crippen molar-refractivity contribution < 1.29 is 24.1 Å². The summed E-state index contributed by atoms with van der Waals surface area (Å²) in [4.78, 5) is 15.2. The van der Waals surface area contributed by atoms with E-state index in [-0.39, 0.29) is 51.7 Å². The molecule has 7 bridgehead atoms. The average Bonchev–Trinajstić information content (AvgIpc) is 3.27. The molecule has 7 rings (SSSR count). The van der Waals surface area contributed by atoms with E-state index in [1.54, 1.807) is 6.92 Å². The highest BCUT2D eigenvalue weighted by Crippen LogP contribution is 2.82. The second-order valence-electron chi connectivity index (χ2n) is 11.9. The predicted molar refractivity (Wildman–Crippen MR) is 115 cm³/mol. The van der Waals surface area contributed by atoms with Gasteiger partial charge in [-0.3, -0.25) is 9.69 Å². The van der Waals surface area contributed by atoms with Gasteiger partial charge in [0.1, 0.15) is 24.1 Å². The van der Waals surface area contributed by atoms with Crippen molar-refractivity contribution in [1.29, 1.82) is 0 Å². The van der Waals surface area contributed by atoms with Gasteiger partial charge < -0.3 is 19.3 Å². The number of likely N-dealkylation sites (tertiary alicyclic amines) is 1. The second-order valence-corrected chi connectivity index (χ2v) is 13.1. The Morgan fingerprint density at radius 1 is 1.29 bits per heavy atom. The largest absolute Gasteiger partial charge is 0.462 e. The molecular weight excluding hydrogens is 462 g/mol. The van der Waals surface area contributed by atoms with Crippen LogP contribution in [0.5, 0.6) is 0 Å². The Balaban J connectivity index is 1.53. The number of aliphatic hydroxyl groups is 1. The molecule has 1 N–H and O–H groups in total. The summed E-state index contributed by atoms with van der Waals surface area (Å²) in [6.45, 7) is 8.64. The summed E-state index contributed by atoms with van der Waals surface area (Å²) in [5.74, 6) is 0.843. The van der Waals surface area contributed by atoms with Crippen molar-refractivity contribution in [2.45, 2.75) is 87.2 Å². The monoisotopic (exact) mass is 495 g/mol. The fraction of sp³-hybridized carbons (Fsp3) is 0.958. The van der Waals surface area contributed by atoms with Gasteiger partial charge in [0.25, 0.3) is 0 Å². The molecule has 5 saturated carbocycles. The minimum Gasteiger partial charge on any atom is -0.462 e. The molecule has 2 heterocycles. The van der Waals surface area contributed by atoms with Crippen molar-refractivity contribution in [3.05, 3.63) is 0 Å². The normalized spacial score (nSPS) is 63.1. The molecule has 7 heteroatoms. The molecule has 0 unspecified atom stereocenters. The zero-order valence-corrected chi connectivity index (χ0v) is 20.3. The standard InChI is InChI=1S/C24H34BrNO5/c1-4-26-10-21(3)6-5-17(31-12(2)27)24-14-7-13-15(25)8-22(18(14)19(13)28)23(20(24)26,9-16(21)24)30-11-29-22/h13-20,28H,4-11H2,1-3H3/t13-,14-,15-,16-,17+,18-,19+,20-,21+,22-,23-,24-/m1/s1. The summed E-state index contributed by atoms with van der Waals surface area (Å²) in [5.41, 5.74) is -0.876. The molecule has 2 saturated heterocycles. The second kappa shape index (κ2) is 5.88. The van der Waals surface area contributed by atoms with Crippen LogP contribution in [0.15, 0.2) is 0 Å². The topological polar surface area (TPSA) is 68.2 Å². The molecule has 0 amide bonds. The molecular formula is C24H34BrNO5. The fourth-order valence-electron chi connectivity index (χ4n) is 10.8. The van der Waals surface area contributed by atoms with E-state index in [1.165, 1.54) is 0 Å². The van der Waals surface area contributed by atoms with Crippen LogP contribution in [0.25, 0.3) is 0 Å². The Kier molecular flexibility index (Phi) is 3.83. The first-order valence-electron chi connectivity index (χ1n) is 12.3. The number of carbonyl (C=O) groups excluding carboxylic acids is 1. The van der Waals surface area contributed by atoms with E-state index in [2.05, 4.69) is 34.7 Å². The number of fused-ring (bicyclic) bond motifs is 1. The van der Waals surface area contributed by atoms with Gasteiger partial charge in [-0.1, -0.05) is 29.8 Å². The number of aliphatic hydroxyl groups excluding tert-OH is 1. The maximum Gasteiger partial charge on any atom is 0.302 e. The quantitative estimate of drug-likeness (QED) is 0.469. The van der Waals surface area contributed by atoms with Gasteiger partial charge in [0.2, 0.25) is 0 Å². The Hall–Kier alpha value is -0.210. The van der Waals surface area contributed by atoms with Crippen LogP contribution in [-0.4, -0.2) is 70.1 Å². The van der Waals surface area contributed by atoms with Crippen molar-refractivity contribution >= 4 is 21.9 Å². The van der Waals surface area contributed by atoms with E-state index in [9.17, 15) is 9.90 Å². The summed E-state index contributed by atoms with van der Waals surface area (Å²) >= 11 is 3.96. The van der Waals surface area contributed by atoms with Gasteiger partial charge in [-0.15, -0.1) is 0 Å². The minimum atomic E-state index is -0.453. The molecule has 172 valence electrons. The SMILES string of the molecule is CCN1C[C@]2(C)CC[C@H](OC(C)=O)[C@@]34[C@@H]5C[C@H]6[C@H](O)[C@@H]5[C@@]5(C[C@H]6Br)OCO[C@]5(C[C@H]23)[C@@H]14. The highest BCUT2D eigenvalue weighted by atomic mass is 79.9. The number of hydrogen-bond donors (Lipinski definition) is 1. The lowest BCUT2D eigenvalue weighted by Crippen LogP contribution is -2.80. The van der Waals surface area contributed by atoms with Gasteiger partial charge in [0.05, 0.1) is 12.1 Å². The highest BCUT2D eigenvalue weighted by molar-refractivity contribution is 9.09. The number of esters is 1.